The highest BCUT2D eigenvalue weighted by molar-refractivity contribution is 9.10. The third kappa shape index (κ3) is 4.90. The van der Waals surface area contributed by atoms with Crippen LogP contribution in [0.2, 0.25) is 0 Å². The van der Waals surface area contributed by atoms with Crippen molar-refractivity contribution in [3.63, 3.8) is 0 Å². The molecule has 0 aliphatic heterocycles. The van der Waals surface area contributed by atoms with Gasteiger partial charge in [0.2, 0.25) is 5.91 Å². The first-order valence-corrected chi connectivity index (χ1v) is 8.69. The molecule has 0 bridgehead atoms. The van der Waals surface area contributed by atoms with Crippen molar-refractivity contribution >= 4 is 39.3 Å². The van der Waals surface area contributed by atoms with Gasteiger partial charge in [0.1, 0.15) is 0 Å². The summed E-state index contributed by atoms with van der Waals surface area (Å²) < 4.78 is 1.07. The Kier molecular flexibility index (Phi) is 5.88. The Morgan fingerprint density at radius 2 is 1.81 bits per heavy atom. The summed E-state index contributed by atoms with van der Waals surface area (Å²) in [6.07, 6.45) is 0. The molecule has 0 aliphatic rings. The summed E-state index contributed by atoms with van der Waals surface area (Å²) in [4.78, 5) is 12.0. The summed E-state index contributed by atoms with van der Waals surface area (Å²) >= 11 is 5.08. The fourth-order valence-corrected chi connectivity index (χ4v) is 3.30. The molecule has 0 radical (unpaired) electrons. The fourth-order valence-electron chi connectivity index (χ4n) is 2.08. The molecule has 0 aliphatic carbocycles. The molecular formula is C17H18BrNOS. The average molecular weight is 364 g/mol. The number of thioether (sulfide) groups is 1. The summed E-state index contributed by atoms with van der Waals surface area (Å²) in [7, 11) is 0. The van der Waals surface area contributed by atoms with Gasteiger partial charge in [-0.05, 0) is 42.7 Å². The lowest BCUT2D eigenvalue weighted by atomic mass is 10.1. The third-order valence-corrected chi connectivity index (χ3v) is 4.63. The Morgan fingerprint density at radius 3 is 2.48 bits per heavy atom. The quantitative estimate of drug-likeness (QED) is 0.814. The second-order valence-electron chi connectivity index (χ2n) is 4.94. The lowest BCUT2D eigenvalue weighted by Crippen LogP contribution is -2.15. The number of hydrogen-bond donors (Lipinski definition) is 1. The van der Waals surface area contributed by atoms with Crippen molar-refractivity contribution in [2.24, 2.45) is 0 Å². The molecule has 2 nitrogen and oxygen atoms in total. The van der Waals surface area contributed by atoms with Gasteiger partial charge in [-0.3, -0.25) is 4.79 Å². The molecule has 1 amide bonds. The summed E-state index contributed by atoms with van der Waals surface area (Å²) in [5, 5.41) is 3.01. The zero-order valence-corrected chi connectivity index (χ0v) is 14.6. The number of carbonyl (C=O) groups is 1. The van der Waals surface area contributed by atoms with E-state index in [0.29, 0.717) is 5.75 Å². The van der Waals surface area contributed by atoms with Crippen LogP contribution >= 0.6 is 27.7 Å². The predicted molar refractivity (Wildman–Crippen MR) is 94.8 cm³/mol. The highest BCUT2D eigenvalue weighted by Crippen LogP contribution is 2.21. The van der Waals surface area contributed by atoms with Crippen molar-refractivity contribution in [1.29, 1.82) is 0 Å². The number of nitrogens with one attached hydrogen (secondary N) is 1. The molecule has 0 heterocycles. The van der Waals surface area contributed by atoms with E-state index < -0.39 is 0 Å². The predicted octanol–water partition coefficient (Wildman–Crippen LogP) is 4.94. The molecular weight excluding hydrogens is 346 g/mol. The van der Waals surface area contributed by atoms with E-state index in [1.807, 2.05) is 44.2 Å². The van der Waals surface area contributed by atoms with E-state index in [1.54, 1.807) is 11.8 Å². The molecule has 0 saturated carbocycles. The van der Waals surface area contributed by atoms with Crippen LogP contribution in [0, 0.1) is 13.8 Å². The monoisotopic (exact) mass is 363 g/mol. The first kappa shape index (κ1) is 16.1. The second kappa shape index (κ2) is 7.66. The van der Waals surface area contributed by atoms with E-state index in [2.05, 4.69) is 33.4 Å². The van der Waals surface area contributed by atoms with Crippen molar-refractivity contribution in [2.75, 3.05) is 11.1 Å². The minimum atomic E-state index is 0.0485. The van der Waals surface area contributed by atoms with E-state index in [9.17, 15) is 4.79 Å². The maximum Gasteiger partial charge on any atom is 0.234 e. The number of para-hydroxylation sites is 1. The summed E-state index contributed by atoms with van der Waals surface area (Å²) in [5.41, 5.74) is 4.35. The Hall–Kier alpha value is -1.26. The average Bonchev–Trinajstić information content (AvgIpc) is 2.43. The second-order valence-corrected chi connectivity index (χ2v) is 6.84. The standard InChI is InChI=1S/C17H18BrNOS/c1-12-5-3-6-13(2)17(12)19-16(20)11-21-10-14-7-4-8-15(18)9-14/h3-9H,10-11H2,1-2H3,(H,19,20). The third-order valence-electron chi connectivity index (χ3n) is 3.14. The molecule has 0 aromatic heterocycles. The largest absolute Gasteiger partial charge is 0.325 e. The number of halogens is 1. The van der Waals surface area contributed by atoms with E-state index >= 15 is 0 Å². The number of carbonyl (C=O) groups excluding carboxylic acids is 1. The smallest absolute Gasteiger partial charge is 0.234 e. The number of hydrogen-bond acceptors (Lipinski definition) is 2. The van der Waals surface area contributed by atoms with Gasteiger partial charge in [-0.25, -0.2) is 0 Å². The lowest BCUT2D eigenvalue weighted by Gasteiger charge is -2.11. The van der Waals surface area contributed by atoms with Crippen LogP contribution in [0.4, 0.5) is 5.69 Å². The van der Waals surface area contributed by atoms with Crippen LogP contribution in [0.1, 0.15) is 16.7 Å². The van der Waals surface area contributed by atoms with Gasteiger partial charge < -0.3 is 5.32 Å². The van der Waals surface area contributed by atoms with Crippen molar-refractivity contribution in [1.82, 2.24) is 0 Å². The number of aryl methyl sites for hydroxylation is 2. The molecule has 110 valence electrons. The fraction of sp³-hybridized carbons (Fsp3) is 0.235. The molecule has 0 fully saturated rings. The molecule has 2 aromatic carbocycles. The zero-order chi connectivity index (χ0) is 15.2. The van der Waals surface area contributed by atoms with Gasteiger partial charge in [0.15, 0.2) is 0 Å². The first-order chi connectivity index (χ1) is 10.1. The van der Waals surface area contributed by atoms with Crippen LogP contribution in [-0.2, 0) is 10.5 Å². The van der Waals surface area contributed by atoms with E-state index in [-0.39, 0.29) is 5.91 Å². The minimum absolute atomic E-state index is 0.0485. The van der Waals surface area contributed by atoms with Gasteiger partial charge in [0.25, 0.3) is 0 Å². The minimum Gasteiger partial charge on any atom is -0.325 e. The normalized spacial score (nSPS) is 10.4. The van der Waals surface area contributed by atoms with Gasteiger partial charge >= 0.3 is 0 Å². The van der Waals surface area contributed by atoms with Gasteiger partial charge in [0.05, 0.1) is 5.75 Å². The highest BCUT2D eigenvalue weighted by atomic mass is 79.9. The van der Waals surface area contributed by atoms with Crippen LogP contribution in [-0.4, -0.2) is 11.7 Å². The number of rotatable bonds is 5. The molecule has 0 unspecified atom stereocenters. The summed E-state index contributed by atoms with van der Waals surface area (Å²) in [5.74, 6) is 1.34. The Bertz CT molecular complexity index is 622. The highest BCUT2D eigenvalue weighted by Gasteiger charge is 2.07. The van der Waals surface area contributed by atoms with Crippen LogP contribution in [0.15, 0.2) is 46.9 Å². The van der Waals surface area contributed by atoms with Crippen LogP contribution < -0.4 is 5.32 Å². The van der Waals surface area contributed by atoms with Crippen LogP contribution in [0.5, 0.6) is 0 Å². The SMILES string of the molecule is Cc1cccc(C)c1NC(=O)CSCc1cccc(Br)c1. The molecule has 21 heavy (non-hydrogen) atoms. The molecule has 4 heteroatoms. The van der Waals surface area contributed by atoms with Crippen molar-refractivity contribution < 1.29 is 4.79 Å². The van der Waals surface area contributed by atoms with Crippen LogP contribution in [0.25, 0.3) is 0 Å². The maximum atomic E-state index is 12.0. The van der Waals surface area contributed by atoms with Gasteiger partial charge in [-0.15, -0.1) is 11.8 Å². The molecule has 0 spiro atoms. The van der Waals surface area contributed by atoms with Gasteiger partial charge in [0, 0.05) is 15.9 Å². The molecule has 2 aromatic rings. The van der Waals surface area contributed by atoms with Crippen molar-refractivity contribution in [2.45, 2.75) is 19.6 Å². The lowest BCUT2D eigenvalue weighted by molar-refractivity contribution is -0.113. The molecule has 1 N–H and O–H groups in total. The summed E-state index contributed by atoms with van der Waals surface area (Å²) in [6.45, 7) is 4.02. The molecule has 0 saturated heterocycles. The zero-order valence-electron chi connectivity index (χ0n) is 12.2. The Balaban J connectivity index is 1.85. The van der Waals surface area contributed by atoms with Crippen molar-refractivity contribution in [3.05, 3.63) is 63.6 Å². The molecule has 2 rings (SSSR count). The summed E-state index contributed by atoms with van der Waals surface area (Å²) in [6, 6.07) is 14.2. The maximum absolute atomic E-state index is 12.0. The Labute approximate surface area is 138 Å². The number of benzene rings is 2. The topological polar surface area (TPSA) is 29.1 Å². The number of amides is 1. The first-order valence-electron chi connectivity index (χ1n) is 6.74. The van der Waals surface area contributed by atoms with E-state index in [1.165, 1.54) is 5.56 Å². The van der Waals surface area contributed by atoms with Crippen molar-refractivity contribution in [3.8, 4) is 0 Å². The van der Waals surface area contributed by atoms with Gasteiger partial charge in [-0.1, -0.05) is 46.3 Å². The Morgan fingerprint density at radius 1 is 1.14 bits per heavy atom. The van der Waals surface area contributed by atoms with E-state index in [0.717, 1.165) is 27.0 Å². The van der Waals surface area contributed by atoms with Crippen LogP contribution in [0.3, 0.4) is 0 Å². The number of anilines is 1. The van der Waals surface area contributed by atoms with E-state index in [4.69, 9.17) is 0 Å². The van der Waals surface area contributed by atoms with Gasteiger partial charge in [-0.2, -0.15) is 0 Å². The molecule has 0 atom stereocenters.